The maximum atomic E-state index is 6.21. The molecule has 1 aromatic carbocycles. The highest BCUT2D eigenvalue weighted by atomic mass is 35.5. The monoisotopic (exact) mass is 378 g/mol. The van der Waals surface area contributed by atoms with Crippen molar-refractivity contribution in [2.24, 2.45) is 0 Å². The molecular formula is C20H19ClN6. The van der Waals surface area contributed by atoms with Crippen LogP contribution < -0.4 is 4.90 Å². The third-order valence-corrected chi connectivity index (χ3v) is 5.37. The van der Waals surface area contributed by atoms with Crippen LogP contribution in [0.25, 0.3) is 16.4 Å². The molecule has 136 valence electrons. The molecule has 0 unspecified atom stereocenters. The molecule has 0 N–H and O–H groups in total. The van der Waals surface area contributed by atoms with E-state index in [9.17, 15) is 0 Å². The van der Waals surface area contributed by atoms with Crippen molar-refractivity contribution in [3.8, 4) is 0 Å². The van der Waals surface area contributed by atoms with Crippen LogP contribution in [0.1, 0.15) is 5.69 Å². The predicted octanol–water partition coefficient (Wildman–Crippen LogP) is 3.25. The second-order valence-electron chi connectivity index (χ2n) is 6.82. The Hall–Kier alpha value is -2.70. The second kappa shape index (κ2) is 6.79. The molecule has 1 fully saturated rings. The SMILES string of the molecule is Clc1nnc(N2CCN(Cc3cn4ccccc4n3)CC2)c2ccccc12. The van der Waals surface area contributed by atoms with Gasteiger partial charge in [-0.25, -0.2) is 4.98 Å². The number of pyridine rings is 1. The molecule has 0 spiro atoms. The van der Waals surface area contributed by atoms with Crippen molar-refractivity contribution < 1.29 is 0 Å². The first-order valence-electron chi connectivity index (χ1n) is 9.09. The minimum atomic E-state index is 0.458. The zero-order valence-corrected chi connectivity index (χ0v) is 15.5. The van der Waals surface area contributed by atoms with Crippen molar-refractivity contribution in [2.75, 3.05) is 31.1 Å². The quantitative estimate of drug-likeness (QED) is 0.547. The van der Waals surface area contributed by atoms with Crippen LogP contribution in [0.5, 0.6) is 0 Å². The van der Waals surface area contributed by atoms with E-state index in [-0.39, 0.29) is 0 Å². The summed E-state index contributed by atoms with van der Waals surface area (Å²) in [6.07, 6.45) is 4.15. The molecule has 3 aromatic heterocycles. The molecule has 0 saturated carbocycles. The summed E-state index contributed by atoms with van der Waals surface area (Å²) in [5, 5.41) is 11.0. The summed E-state index contributed by atoms with van der Waals surface area (Å²) in [5.41, 5.74) is 2.10. The summed E-state index contributed by atoms with van der Waals surface area (Å²) in [5.74, 6) is 0.919. The van der Waals surface area contributed by atoms with Crippen LogP contribution in [-0.2, 0) is 6.54 Å². The van der Waals surface area contributed by atoms with Gasteiger partial charge in [0.05, 0.1) is 5.69 Å². The van der Waals surface area contributed by atoms with E-state index < -0.39 is 0 Å². The fraction of sp³-hybridized carbons (Fsp3) is 0.250. The molecule has 6 nitrogen and oxygen atoms in total. The number of benzene rings is 1. The van der Waals surface area contributed by atoms with Crippen LogP contribution in [0.2, 0.25) is 5.15 Å². The van der Waals surface area contributed by atoms with Crippen molar-refractivity contribution >= 4 is 33.8 Å². The molecule has 0 radical (unpaired) electrons. The lowest BCUT2D eigenvalue weighted by molar-refractivity contribution is 0.247. The molecule has 0 atom stereocenters. The summed E-state index contributed by atoms with van der Waals surface area (Å²) < 4.78 is 2.07. The molecule has 1 aliphatic rings. The average Bonchev–Trinajstić information content (AvgIpc) is 3.12. The normalized spacial score (nSPS) is 15.7. The van der Waals surface area contributed by atoms with Gasteiger partial charge < -0.3 is 9.30 Å². The summed E-state index contributed by atoms with van der Waals surface area (Å²) in [4.78, 5) is 9.44. The number of hydrogen-bond donors (Lipinski definition) is 0. The van der Waals surface area contributed by atoms with Crippen molar-refractivity contribution in [1.29, 1.82) is 0 Å². The van der Waals surface area contributed by atoms with E-state index in [1.807, 2.05) is 42.6 Å². The van der Waals surface area contributed by atoms with Crippen LogP contribution in [-0.4, -0.2) is 50.7 Å². The van der Waals surface area contributed by atoms with Crippen molar-refractivity contribution in [3.05, 3.63) is 65.7 Å². The van der Waals surface area contributed by atoms with Gasteiger partial charge in [0.2, 0.25) is 0 Å². The molecule has 0 aliphatic carbocycles. The van der Waals surface area contributed by atoms with Gasteiger partial charge in [-0.15, -0.1) is 10.2 Å². The Morgan fingerprint density at radius 2 is 1.67 bits per heavy atom. The molecular weight excluding hydrogens is 360 g/mol. The standard InChI is InChI=1S/C20H19ClN6/c21-19-16-5-1-2-6-17(16)20(24-23-19)26-11-9-25(10-12-26)13-15-14-27-8-4-3-7-18(27)22-15/h1-8,14H,9-13H2. The van der Waals surface area contributed by atoms with Gasteiger partial charge in [0.25, 0.3) is 0 Å². The number of halogens is 1. The Bertz CT molecular complexity index is 1070. The Morgan fingerprint density at radius 1 is 0.889 bits per heavy atom. The molecule has 0 amide bonds. The molecule has 5 rings (SSSR count). The zero-order chi connectivity index (χ0) is 18.2. The zero-order valence-electron chi connectivity index (χ0n) is 14.8. The van der Waals surface area contributed by atoms with Crippen LogP contribution in [0, 0.1) is 0 Å². The lowest BCUT2D eigenvalue weighted by atomic mass is 10.1. The number of nitrogens with zero attached hydrogens (tertiary/aromatic N) is 6. The van der Waals surface area contributed by atoms with E-state index >= 15 is 0 Å². The van der Waals surface area contributed by atoms with Gasteiger partial charge >= 0.3 is 0 Å². The minimum absolute atomic E-state index is 0.458. The van der Waals surface area contributed by atoms with Crippen molar-refractivity contribution in [1.82, 2.24) is 24.5 Å². The predicted molar refractivity (Wildman–Crippen MR) is 107 cm³/mol. The highest BCUT2D eigenvalue weighted by molar-refractivity contribution is 6.34. The summed E-state index contributed by atoms with van der Waals surface area (Å²) in [6, 6.07) is 14.1. The minimum Gasteiger partial charge on any atom is -0.352 e. The molecule has 4 aromatic rings. The van der Waals surface area contributed by atoms with Gasteiger partial charge in [-0.2, -0.15) is 0 Å². The average molecular weight is 379 g/mol. The van der Waals surface area contributed by atoms with Crippen LogP contribution in [0.3, 0.4) is 0 Å². The van der Waals surface area contributed by atoms with Gasteiger partial charge in [0, 0.05) is 55.9 Å². The van der Waals surface area contributed by atoms with Crippen molar-refractivity contribution in [2.45, 2.75) is 6.54 Å². The number of rotatable bonds is 3. The number of aromatic nitrogens is 4. The van der Waals surface area contributed by atoms with Gasteiger partial charge in [-0.1, -0.05) is 41.9 Å². The van der Waals surface area contributed by atoms with Gasteiger partial charge in [0.15, 0.2) is 11.0 Å². The number of imidazole rings is 1. The van der Waals surface area contributed by atoms with E-state index in [0.717, 1.165) is 60.7 Å². The molecule has 1 aliphatic heterocycles. The van der Waals surface area contributed by atoms with Crippen LogP contribution >= 0.6 is 11.6 Å². The molecule has 27 heavy (non-hydrogen) atoms. The maximum Gasteiger partial charge on any atom is 0.159 e. The Balaban J connectivity index is 1.31. The van der Waals surface area contributed by atoms with Crippen LogP contribution in [0.4, 0.5) is 5.82 Å². The van der Waals surface area contributed by atoms with E-state index in [0.29, 0.717) is 5.15 Å². The van der Waals surface area contributed by atoms with E-state index in [1.165, 1.54) is 0 Å². The molecule has 1 saturated heterocycles. The fourth-order valence-corrected chi connectivity index (χ4v) is 3.90. The molecule has 0 bridgehead atoms. The highest BCUT2D eigenvalue weighted by Gasteiger charge is 2.21. The first-order chi connectivity index (χ1) is 13.3. The summed E-state index contributed by atoms with van der Waals surface area (Å²) >= 11 is 6.21. The highest BCUT2D eigenvalue weighted by Crippen LogP contribution is 2.28. The van der Waals surface area contributed by atoms with Crippen molar-refractivity contribution in [3.63, 3.8) is 0 Å². The summed E-state index contributed by atoms with van der Waals surface area (Å²) in [7, 11) is 0. The van der Waals surface area contributed by atoms with Gasteiger partial charge in [0.1, 0.15) is 5.65 Å². The van der Waals surface area contributed by atoms with Crippen LogP contribution in [0.15, 0.2) is 54.9 Å². The summed E-state index contributed by atoms with van der Waals surface area (Å²) in [6.45, 7) is 4.61. The number of piperazine rings is 1. The van der Waals surface area contributed by atoms with Gasteiger partial charge in [-0.05, 0) is 12.1 Å². The largest absolute Gasteiger partial charge is 0.352 e. The second-order valence-corrected chi connectivity index (χ2v) is 7.18. The van der Waals surface area contributed by atoms with E-state index in [4.69, 9.17) is 16.6 Å². The third kappa shape index (κ3) is 3.11. The number of anilines is 1. The van der Waals surface area contributed by atoms with E-state index in [1.54, 1.807) is 0 Å². The smallest absolute Gasteiger partial charge is 0.159 e. The Labute approximate surface area is 162 Å². The first kappa shape index (κ1) is 16.5. The Morgan fingerprint density at radius 3 is 2.48 bits per heavy atom. The topological polar surface area (TPSA) is 49.6 Å². The van der Waals surface area contributed by atoms with Gasteiger partial charge in [-0.3, -0.25) is 4.90 Å². The maximum absolute atomic E-state index is 6.21. The number of hydrogen-bond acceptors (Lipinski definition) is 5. The number of fused-ring (bicyclic) bond motifs is 2. The third-order valence-electron chi connectivity index (χ3n) is 5.09. The lowest BCUT2D eigenvalue weighted by Gasteiger charge is -2.35. The molecule has 4 heterocycles. The lowest BCUT2D eigenvalue weighted by Crippen LogP contribution is -2.46. The van der Waals surface area contributed by atoms with E-state index in [2.05, 4.69) is 36.7 Å². The Kier molecular flexibility index (Phi) is 4.14. The fourth-order valence-electron chi connectivity index (χ4n) is 3.70. The first-order valence-corrected chi connectivity index (χ1v) is 9.46. The molecule has 7 heteroatoms.